The molecule has 1 aliphatic heterocycles. The van der Waals surface area contributed by atoms with Gasteiger partial charge in [-0.05, 0) is 48.2 Å². The molecule has 2 aliphatic rings. The Hall–Kier alpha value is -3.74. The Kier molecular flexibility index (Phi) is 4.01. The molecule has 0 radical (unpaired) electrons. The van der Waals surface area contributed by atoms with Crippen molar-refractivity contribution in [2.24, 2.45) is 0 Å². The van der Waals surface area contributed by atoms with Crippen molar-refractivity contribution < 1.29 is 14.7 Å². The quantitative estimate of drug-likeness (QED) is 0.721. The van der Waals surface area contributed by atoms with Crippen LogP contribution in [0.15, 0.2) is 36.5 Å². The number of nitrogens with zero attached hydrogens (tertiary/aromatic N) is 3. The predicted molar refractivity (Wildman–Crippen MR) is 108 cm³/mol. The van der Waals surface area contributed by atoms with Gasteiger partial charge in [-0.15, -0.1) is 0 Å². The fourth-order valence-corrected chi connectivity index (χ4v) is 3.92. The van der Waals surface area contributed by atoms with Gasteiger partial charge in [0.15, 0.2) is 0 Å². The van der Waals surface area contributed by atoms with Crippen LogP contribution >= 0.6 is 0 Å². The van der Waals surface area contributed by atoms with Crippen LogP contribution in [0.25, 0.3) is 23.4 Å². The largest absolute Gasteiger partial charge is 0.478 e. The van der Waals surface area contributed by atoms with E-state index in [0.29, 0.717) is 18.8 Å². The molecule has 2 aromatic heterocycles. The van der Waals surface area contributed by atoms with E-state index in [2.05, 4.69) is 10.3 Å². The predicted octanol–water partition coefficient (Wildman–Crippen LogP) is 2.66. The van der Waals surface area contributed by atoms with Gasteiger partial charge in [0.25, 0.3) is 5.91 Å². The molecule has 0 spiro atoms. The lowest BCUT2D eigenvalue weighted by atomic mass is 9.89. The zero-order valence-corrected chi connectivity index (χ0v) is 15.6. The summed E-state index contributed by atoms with van der Waals surface area (Å²) < 4.78 is 1.82. The highest BCUT2D eigenvalue weighted by atomic mass is 16.4. The maximum atomic E-state index is 12.3. The molecular formula is C22H18N4O3. The first kappa shape index (κ1) is 17.4. The van der Waals surface area contributed by atoms with Gasteiger partial charge < -0.3 is 10.4 Å². The molecule has 0 atom stereocenters. The minimum Gasteiger partial charge on any atom is -0.478 e. The molecule has 7 heteroatoms. The van der Waals surface area contributed by atoms with Gasteiger partial charge in [0.05, 0.1) is 23.5 Å². The lowest BCUT2D eigenvalue weighted by molar-refractivity contribution is 0.0696. The average molecular weight is 386 g/mol. The molecule has 5 rings (SSSR count). The second kappa shape index (κ2) is 6.70. The number of rotatable bonds is 3. The number of carboxylic acids is 1. The number of amides is 1. The minimum atomic E-state index is -0.941. The van der Waals surface area contributed by atoms with Crippen molar-refractivity contribution >= 4 is 24.0 Å². The maximum Gasteiger partial charge on any atom is 0.335 e. The summed E-state index contributed by atoms with van der Waals surface area (Å²) in [7, 11) is 0. The highest BCUT2D eigenvalue weighted by Crippen LogP contribution is 2.35. The lowest BCUT2D eigenvalue weighted by Crippen LogP contribution is -2.36. The second-order valence-electron chi connectivity index (χ2n) is 7.18. The summed E-state index contributed by atoms with van der Waals surface area (Å²) >= 11 is 0. The van der Waals surface area contributed by atoms with Crippen molar-refractivity contribution in [3.05, 3.63) is 70.2 Å². The van der Waals surface area contributed by atoms with Gasteiger partial charge in [-0.3, -0.25) is 14.5 Å². The smallest absolute Gasteiger partial charge is 0.335 e. The molecule has 7 nitrogen and oxygen atoms in total. The van der Waals surface area contributed by atoms with Gasteiger partial charge in [0.1, 0.15) is 5.69 Å². The minimum absolute atomic E-state index is 0.0487. The highest BCUT2D eigenvalue weighted by molar-refractivity contribution is 5.97. The zero-order chi connectivity index (χ0) is 20.0. The molecule has 0 bridgehead atoms. The molecular weight excluding hydrogens is 368 g/mol. The van der Waals surface area contributed by atoms with E-state index < -0.39 is 5.97 Å². The summed E-state index contributed by atoms with van der Waals surface area (Å²) in [5, 5.41) is 16.6. The molecule has 0 saturated carbocycles. The topological polar surface area (TPSA) is 97.1 Å². The van der Waals surface area contributed by atoms with Crippen LogP contribution in [-0.2, 0) is 19.4 Å². The summed E-state index contributed by atoms with van der Waals surface area (Å²) in [4.78, 5) is 27.8. The molecule has 2 N–H and O–H groups in total. The third kappa shape index (κ3) is 3.00. The molecule has 0 saturated heterocycles. The zero-order valence-electron chi connectivity index (χ0n) is 15.6. The Morgan fingerprint density at radius 1 is 1.17 bits per heavy atom. The number of nitrogens with one attached hydrogen (secondary N) is 1. The number of hydrogen-bond acceptors (Lipinski definition) is 4. The second-order valence-corrected chi connectivity index (χ2v) is 7.18. The monoisotopic (exact) mass is 386 g/mol. The van der Waals surface area contributed by atoms with Crippen molar-refractivity contribution in [3.63, 3.8) is 0 Å². The Balaban J connectivity index is 1.48. The summed E-state index contributed by atoms with van der Waals surface area (Å²) in [5.41, 5.74) is 6.67. The lowest BCUT2D eigenvalue weighted by Gasteiger charge is -2.17. The van der Waals surface area contributed by atoms with Gasteiger partial charge >= 0.3 is 5.97 Å². The van der Waals surface area contributed by atoms with Crippen LogP contribution < -0.4 is 5.32 Å². The molecule has 29 heavy (non-hydrogen) atoms. The molecule has 3 heterocycles. The van der Waals surface area contributed by atoms with Gasteiger partial charge in [-0.2, -0.15) is 5.10 Å². The highest BCUT2D eigenvalue weighted by Gasteiger charge is 2.30. The van der Waals surface area contributed by atoms with Gasteiger partial charge in [-0.25, -0.2) is 4.79 Å². The van der Waals surface area contributed by atoms with Gasteiger partial charge in [-0.1, -0.05) is 18.2 Å². The van der Waals surface area contributed by atoms with Gasteiger partial charge in [0.2, 0.25) is 0 Å². The van der Waals surface area contributed by atoms with E-state index in [-0.39, 0.29) is 11.5 Å². The van der Waals surface area contributed by atoms with E-state index in [0.717, 1.165) is 46.5 Å². The molecule has 1 aliphatic carbocycles. The van der Waals surface area contributed by atoms with Crippen LogP contribution in [0.5, 0.6) is 0 Å². The Morgan fingerprint density at radius 2 is 2.00 bits per heavy atom. The molecule has 0 unspecified atom stereocenters. The van der Waals surface area contributed by atoms with Crippen molar-refractivity contribution in [1.82, 2.24) is 20.1 Å². The number of carbonyl (C=O) groups is 2. The van der Waals surface area contributed by atoms with E-state index >= 15 is 0 Å². The number of fused-ring (bicyclic) bond motifs is 5. The summed E-state index contributed by atoms with van der Waals surface area (Å²) in [5.74, 6) is -0.989. The summed E-state index contributed by atoms with van der Waals surface area (Å²) in [6, 6.07) is 8.69. The number of hydrogen-bond donors (Lipinski definition) is 2. The van der Waals surface area contributed by atoms with E-state index in [1.165, 1.54) is 0 Å². The number of carboxylic acid groups (broad SMARTS) is 1. The first-order valence-electron chi connectivity index (χ1n) is 9.49. The third-order valence-electron chi connectivity index (χ3n) is 5.39. The first-order valence-corrected chi connectivity index (χ1v) is 9.49. The Morgan fingerprint density at radius 3 is 2.79 bits per heavy atom. The molecule has 1 aromatic carbocycles. The molecule has 3 aromatic rings. The molecule has 0 fully saturated rings. The number of carbonyl (C=O) groups excluding carboxylic acids is 1. The number of benzene rings is 1. The maximum absolute atomic E-state index is 12.3. The van der Waals surface area contributed by atoms with Crippen molar-refractivity contribution in [3.8, 4) is 11.3 Å². The average Bonchev–Trinajstić information content (AvgIpc) is 3.13. The third-order valence-corrected chi connectivity index (χ3v) is 5.39. The van der Waals surface area contributed by atoms with Crippen molar-refractivity contribution in [2.75, 3.05) is 6.54 Å². The van der Waals surface area contributed by atoms with E-state index in [4.69, 9.17) is 10.2 Å². The van der Waals surface area contributed by atoms with Crippen LogP contribution in [0.2, 0.25) is 0 Å². The fourth-order valence-electron chi connectivity index (χ4n) is 3.92. The van der Waals surface area contributed by atoms with Crippen LogP contribution in [0.4, 0.5) is 0 Å². The first-order chi connectivity index (χ1) is 14.1. The van der Waals surface area contributed by atoms with Gasteiger partial charge in [0, 0.05) is 23.9 Å². The summed E-state index contributed by atoms with van der Waals surface area (Å²) in [6.45, 7) is 1.29. The molecule has 144 valence electrons. The van der Waals surface area contributed by atoms with Crippen LogP contribution in [0.3, 0.4) is 0 Å². The van der Waals surface area contributed by atoms with E-state index in [9.17, 15) is 9.59 Å². The van der Waals surface area contributed by atoms with Crippen molar-refractivity contribution in [1.29, 1.82) is 0 Å². The van der Waals surface area contributed by atoms with Crippen LogP contribution in [0, 0.1) is 0 Å². The number of pyridine rings is 1. The van der Waals surface area contributed by atoms with Crippen LogP contribution in [0.1, 0.15) is 43.2 Å². The normalized spacial score (nSPS) is 14.8. The van der Waals surface area contributed by atoms with Crippen molar-refractivity contribution in [2.45, 2.75) is 19.4 Å². The molecule has 1 amide bonds. The SMILES string of the molecule is O=C(O)c1ccc(C=Cc2cc3c(cn2)CCc2c-3nn3c2C(=O)NCC3)cc1. The fraction of sp³-hybridized carbons (Fsp3) is 0.182. The number of aromatic nitrogens is 3. The van der Waals surface area contributed by atoms with Crippen LogP contribution in [-0.4, -0.2) is 38.3 Å². The van der Waals surface area contributed by atoms with E-state index in [1.54, 1.807) is 24.3 Å². The summed E-state index contributed by atoms with van der Waals surface area (Å²) in [6.07, 6.45) is 7.30. The van der Waals surface area contributed by atoms with E-state index in [1.807, 2.05) is 29.1 Å². The number of aryl methyl sites for hydroxylation is 1. The standard InChI is InChI=1S/C22H18N4O3/c27-21-20-17-8-6-15-12-24-16(7-3-13-1-4-14(5-2-13)22(28)29)11-18(15)19(17)25-26(20)10-9-23-21/h1-5,7,11-12H,6,8-10H2,(H,23,27)(H,28,29). The number of aromatic carboxylic acids is 1. The Bertz CT molecular complexity index is 1180. The Labute approximate surface area is 166 Å².